The van der Waals surface area contributed by atoms with Crippen molar-refractivity contribution in [1.82, 2.24) is 4.98 Å². The van der Waals surface area contributed by atoms with Gasteiger partial charge in [-0.2, -0.15) is 0 Å². The minimum absolute atomic E-state index is 0.635. The summed E-state index contributed by atoms with van der Waals surface area (Å²) in [6.45, 7) is 6.06. The molecule has 0 amide bonds. The van der Waals surface area contributed by atoms with Crippen molar-refractivity contribution in [3.8, 4) is 0 Å². The minimum Gasteiger partial charge on any atom is -0.370 e. The van der Waals surface area contributed by atoms with Crippen molar-refractivity contribution >= 4 is 5.82 Å². The van der Waals surface area contributed by atoms with Crippen molar-refractivity contribution in [3.05, 3.63) is 31.3 Å². The van der Waals surface area contributed by atoms with Crippen LogP contribution in [0.3, 0.4) is 0 Å². The maximum Gasteiger partial charge on any atom is 0.125 e. The fourth-order valence-corrected chi connectivity index (χ4v) is 0.668. The molecule has 1 N–H and O–H groups in total. The normalized spacial score (nSPS) is 9.30. The smallest absolute Gasteiger partial charge is 0.125 e. The number of hydrogen-bond acceptors (Lipinski definition) is 2. The molecular weight excluding hydrogens is 124 g/mol. The first-order valence-electron chi connectivity index (χ1n) is 3.28. The van der Waals surface area contributed by atoms with E-state index in [0.29, 0.717) is 6.42 Å². The third-order valence-corrected chi connectivity index (χ3v) is 1.12. The van der Waals surface area contributed by atoms with Crippen LogP contribution in [0.2, 0.25) is 0 Å². The Morgan fingerprint density at radius 1 is 1.50 bits per heavy atom. The Kier molecular flexibility index (Phi) is 2.74. The van der Waals surface area contributed by atoms with Crippen LogP contribution in [0.5, 0.6) is 0 Å². The maximum atomic E-state index is 5.29. The van der Waals surface area contributed by atoms with E-state index in [1.807, 2.05) is 18.2 Å². The van der Waals surface area contributed by atoms with E-state index in [2.05, 4.69) is 10.3 Å². The molecule has 2 heteroatoms. The highest BCUT2D eigenvalue weighted by Gasteiger charge is 1.85. The van der Waals surface area contributed by atoms with E-state index in [4.69, 9.17) is 6.92 Å². The molecule has 52 valence electrons. The Morgan fingerprint density at radius 2 is 2.40 bits per heavy atom. The lowest BCUT2D eigenvalue weighted by Gasteiger charge is -2.00. The summed E-state index contributed by atoms with van der Waals surface area (Å²) in [6, 6.07) is 5.73. The molecular formula is C8H10N2. The Morgan fingerprint density at radius 3 is 3.00 bits per heavy atom. The molecule has 2 nitrogen and oxygen atoms in total. The van der Waals surface area contributed by atoms with Gasteiger partial charge in [0.05, 0.1) is 0 Å². The Balaban J connectivity index is 2.43. The highest BCUT2D eigenvalue weighted by Crippen LogP contribution is 1.98. The molecule has 1 aromatic rings. The molecule has 1 aromatic heterocycles. The van der Waals surface area contributed by atoms with Crippen LogP contribution in [-0.4, -0.2) is 11.5 Å². The van der Waals surface area contributed by atoms with Crippen molar-refractivity contribution in [1.29, 1.82) is 0 Å². The molecule has 0 fully saturated rings. The van der Waals surface area contributed by atoms with Crippen LogP contribution >= 0.6 is 0 Å². The van der Waals surface area contributed by atoms with Gasteiger partial charge in [-0.3, -0.25) is 0 Å². The number of nitrogens with one attached hydrogen (secondary N) is 1. The number of pyridine rings is 1. The zero-order chi connectivity index (χ0) is 7.23. The third-order valence-electron chi connectivity index (χ3n) is 1.12. The largest absolute Gasteiger partial charge is 0.370 e. The molecule has 0 aliphatic heterocycles. The van der Waals surface area contributed by atoms with Crippen LogP contribution in [0.1, 0.15) is 6.42 Å². The van der Waals surface area contributed by atoms with E-state index in [9.17, 15) is 0 Å². The van der Waals surface area contributed by atoms with E-state index >= 15 is 0 Å². The summed E-state index contributed by atoms with van der Waals surface area (Å²) in [5, 5.41) is 3.06. The summed E-state index contributed by atoms with van der Waals surface area (Å²) in [5.41, 5.74) is 0. The quantitative estimate of drug-likeness (QED) is 0.679. The molecule has 1 heterocycles. The average Bonchev–Trinajstić information content (AvgIpc) is 2.03. The molecule has 0 bridgehead atoms. The number of rotatable bonds is 3. The van der Waals surface area contributed by atoms with Gasteiger partial charge in [-0.05, 0) is 25.5 Å². The average molecular weight is 134 g/mol. The standard InChI is InChI=1S/C8H10N2/c1-2-6-9-8-5-3-4-7-10-8/h1,3-5,7H,2,6H2,(H,9,10). The van der Waals surface area contributed by atoms with Gasteiger partial charge in [-0.25, -0.2) is 4.98 Å². The number of aromatic nitrogens is 1. The fraction of sp³-hybridized carbons (Fsp3) is 0.250. The van der Waals surface area contributed by atoms with E-state index < -0.39 is 0 Å². The predicted octanol–water partition coefficient (Wildman–Crippen LogP) is 1.59. The van der Waals surface area contributed by atoms with Gasteiger partial charge in [0, 0.05) is 12.7 Å². The summed E-state index contributed by atoms with van der Waals surface area (Å²) in [7, 11) is 0. The Labute approximate surface area is 61.3 Å². The molecule has 10 heavy (non-hydrogen) atoms. The van der Waals surface area contributed by atoms with Gasteiger partial charge in [-0.1, -0.05) is 6.07 Å². The first-order chi connectivity index (χ1) is 4.93. The summed E-state index contributed by atoms with van der Waals surface area (Å²) in [6.07, 6.45) is 2.38. The van der Waals surface area contributed by atoms with E-state index in [0.717, 1.165) is 12.4 Å². The van der Waals surface area contributed by atoms with Gasteiger partial charge < -0.3 is 5.32 Å². The van der Waals surface area contributed by atoms with Gasteiger partial charge >= 0.3 is 0 Å². The molecule has 1 rings (SSSR count). The molecule has 0 saturated carbocycles. The van der Waals surface area contributed by atoms with E-state index in [1.165, 1.54) is 0 Å². The number of nitrogens with zero attached hydrogens (tertiary/aromatic N) is 1. The zero-order valence-corrected chi connectivity index (χ0v) is 5.75. The van der Waals surface area contributed by atoms with Crippen LogP contribution in [0.25, 0.3) is 0 Å². The highest BCUT2D eigenvalue weighted by molar-refractivity contribution is 5.32. The van der Waals surface area contributed by atoms with Gasteiger partial charge in [0.15, 0.2) is 0 Å². The molecule has 0 atom stereocenters. The lowest BCUT2D eigenvalue weighted by Crippen LogP contribution is -2.00. The van der Waals surface area contributed by atoms with Crippen LogP contribution < -0.4 is 5.32 Å². The highest BCUT2D eigenvalue weighted by atomic mass is 15.0. The second-order valence-electron chi connectivity index (χ2n) is 1.93. The predicted molar refractivity (Wildman–Crippen MR) is 41.6 cm³/mol. The first-order valence-corrected chi connectivity index (χ1v) is 3.28. The fourth-order valence-electron chi connectivity index (χ4n) is 0.668. The summed E-state index contributed by atoms with van der Waals surface area (Å²) in [4.78, 5) is 4.05. The van der Waals surface area contributed by atoms with Crippen LogP contribution in [-0.2, 0) is 0 Å². The van der Waals surface area contributed by atoms with Gasteiger partial charge in [0.25, 0.3) is 0 Å². The molecule has 0 aromatic carbocycles. The molecule has 0 unspecified atom stereocenters. The zero-order valence-electron chi connectivity index (χ0n) is 5.75. The maximum absolute atomic E-state index is 5.29. The topological polar surface area (TPSA) is 24.9 Å². The van der Waals surface area contributed by atoms with Crippen LogP contribution in [0, 0.1) is 6.92 Å². The van der Waals surface area contributed by atoms with E-state index in [1.54, 1.807) is 6.20 Å². The minimum atomic E-state index is 0.635. The van der Waals surface area contributed by atoms with Crippen LogP contribution in [0.4, 0.5) is 5.82 Å². The second-order valence-corrected chi connectivity index (χ2v) is 1.93. The summed E-state index contributed by atoms with van der Waals surface area (Å²) < 4.78 is 0. The van der Waals surface area contributed by atoms with Crippen molar-refractivity contribution < 1.29 is 0 Å². The van der Waals surface area contributed by atoms with Gasteiger partial charge in [-0.15, -0.1) is 0 Å². The van der Waals surface area contributed by atoms with Crippen molar-refractivity contribution in [2.45, 2.75) is 6.42 Å². The lowest BCUT2D eigenvalue weighted by atomic mass is 10.4. The number of hydrogen-bond donors (Lipinski definition) is 1. The summed E-state index contributed by atoms with van der Waals surface area (Å²) in [5.74, 6) is 0.882. The summed E-state index contributed by atoms with van der Waals surface area (Å²) >= 11 is 0. The SMILES string of the molecule is [CH]CCNc1ccccn1. The van der Waals surface area contributed by atoms with Crippen LogP contribution in [0.15, 0.2) is 24.4 Å². The molecule has 0 spiro atoms. The Hall–Kier alpha value is -1.05. The van der Waals surface area contributed by atoms with Crippen molar-refractivity contribution in [2.75, 3.05) is 11.9 Å². The van der Waals surface area contributed by atoms with Gasteiger partial charge in [0.2, 0.25) is 0 Å². The number of anilines is 1. The molecule has 0 saturated heterocycles. The lowest BCUT2D eigenvalue weighted by molar-refractivity contribution is 1.05. The first kappa shape index (κ1) is 7.06. The second kappa shape index (κ2) is 3.88. The van der Waals surface area contributed by atoms with Crippen molar-refractivity contribution in [3.63, 3.8) is 0 Å². The third kappa shape index (κ3) is 2.05. The molecule has 0 aliphatic carbocycles. The van der Waals surface area contributed by atoms with E-state index in [-0.39, 0.29) is 0 Å². The van der Waals surface area contributed by atoms with Gasteiger partial charge in [0.1, 0.15) is 5.82 Å². The Bertz CT molecular complexity index is 172. The molecule has 0 aliphatic rings. The van der Waals surface area contributed by atoms with Crippen molar-refractivity contribution in [2.24, 2.45) is 0 Å². The monoisotopic (exact) mass is 134 g/mol. The molecule has 2 radical (unpaired) electrons.